The molecule has 2 rings (SSSR count). The second-order valence-corrected chi connectivity index (χ2v) is 6.39. The first-order chi connectivity index (χ1) is 9.07. The van der Waals surface area contributed by atoms with Crippen LogP contribution in [-0.2, 0) is 4.79 Å². The molecule has 0 aliphatic heterocycles. The Labute approximate surface area is 127 Å². The van der Waals surface area contributed by atoms with Crippen LogP contribution in [0.5, 0.6) is 0 Å². The number of benzene rings is 1. The molecule has 1 fully saturated rings. The van der Waals surface area contributed by atoms with Crippen LogP contribution in [0.2, 0.25) is 5.02 Å². The smallest absolute Gasteiger partial charge is 0.231 e. The zero-order valence-corrected chi connectivity index (χ0v) is 13.1. The van der Waals surface area contributed by atoms with Crippen LogP contribution >= 0.6 is 27.5 Å². The zero-order valence-electron chi connectivity index (χ0n) is 10.7. The lowest BCUT2D eigenvalue weighted by Gasteiger charge is -2.34. The van der Waals surface area contributed by atoms with E-state index < -0.39 is 5.41 Å². The van der Waals surface area contributed by atoms with Gasteiger partial charge in [-0.3, -0.25) is 4.79 Å². The number of rotatable bonds is 3. The van der Waals surface area contributed by atoms with E-state index in [1.54, 1.807) is 6.07 Å². The minimum atomic E-state index is -0.405. The summed E-state index contributed by atoms with van der Waals surface area (Å²) in [6, 6.07) is 5.41. The Balaban J connectivity index is 2.12. The summed E-state index contributed by atoms with van der Waals surface area (Å²) in [7, 11) is 0. The lowest BCUT2D eigenvalue weighted by molar-refractivity contribution is -0.126. The van der Waals surface area contributed by atoms with Crippen LogP contribution in [0, 0.1) is 5.41 Å². The molecule has 0 bridgehead atoms. The number of amides is 1. The highest BCUT2D eigenvalue weighted by Crippen LogP contribution is 2.36. The molecule has 1 saturated carbocycles. The van der Waals surface area contributed by atoms with Gasteiger partial charge in [-0.25, -0.2) is 0 Å². The Morgan fingerprint density at radius 2 is 2.05 bits per heavy atom. The van der Waals surface area contributed by atoms with Crippen LogP contribution in [-0.4, -0.2) is 12.5 Å². The Kier molecular flexibility index (Phi) is 4.87. The minimum absolute atomic E-state index is 0.0214. The van der Waals surface area contributed by atoms with Crippen LogP contribution in [0.1, 0.15) is 32.1 Å². The number of carbonyl (C=O) groups is 1. The van der Waals surface area contributed by atoms with Crippen LogP contribution in [0.4, 0.5) is 5.69 Å². The van der Waals surface area contributed by atoms with Crippen LogP contribution in [0.3, 0.4) is 0 Å². The number of halogens is 2. The van der Waals surface area contributed by atoms with E-state index in [2.05, 4.69) is 21.2 Å². The molecule has 1 aliphatic rings. The average Bonchev–Trinajstić information content (AvgIpc) is 2.43. The monoisotopic (exact) mass is 344 g/mol. The Bertz CT molecular complexity index is 473. The Morgan fingerprint density at radius 1 is 1.37 bits per heavy atom. The molecule has 1 aromatic rings. The standard InChI is InChI=1S/C14H18BrClN2O/c15-11-5-4-10(8-12(11)16)18-13(19)14(9-17)6-2-1-3-7-14/h4-5,8H,1-3,6-7,9,17H2,(H,18,19). The molecule has 0 aromatic heterocycles. The fraction of sp³-hybridized carbons (Fsp3) is 0.500. The van der Waals surface area contributed by atoms with Crippen molar-refractivity contribution in [3.63, 3.8) is 0 Å². The molecule has 1 aromatic carbocycles. The molecule has 0 spiro atoms. The van der Waals surface area contributed by atoms with Crippen molar-refractivity contribution in [3.05, 3.63) is 27.7 Å². The molecular weight excluding hydrogens is 328 g/mol. The largest absolute Gasteiger partial charge is 0.329 e. The fourth-order valence-electron chi connectivity index (χ4n) is 2.59. The molecule has 0 heterocycles. The van der Waals surface area contributed by atoms with Gasteiger partial charge in [0.2, 0.25) is 5.91 Å². The van der Waals surface area contributed by atoms with E-state index in [1.165, 1.54) is 6.42 Å². The average molecular weight is 346 g/mol. The summed E-state index contributed by atoms with van der Waals surface area (Å²) in [6.07, 6.45) is 5.09. The van der Waals surface area contributed by atoms with Gasteiger partial charge in [0.25, 0.3) is 0 Å². The predicted octanol–water partition coefficient (Wildman–Crippen LogP) is 3.95. The molecule has 3 N–H and O–H groups in total. The van der Waals surface area contributed by atoms with Crippen LogP contribution < -0.4 is 11.1 Å². The van der Waals surface area contributed by atoms with Crippen molar-refractivity contribution in [3.8, 4) is 0 Å². The topological polar surface area (TPSA) is 55.1 Å². The van der Waals surface area contributed by atoms with E-state index in [-0.39, 0.29) is 5.91 Å². The predicted molar refractivity (Wildman–Crippen MR) is 82.4 cm³/mol. The van der Waals surface area contributed by atoms with E-state index in [4.69, 9.17) is 17.3 Å². The zero-order chi connectivity index (χ0) is 13.9. The van der Waals surface area contributed by atoms with E-state index in [0.717, 1.165) is 35.8 Å². The van der Waals surface area contributed by atoms with Crippen molar-refractivity contribution in [2.75, 3.05) is 11.9 Å². The van der Waals surface area contributed by atoms with Gasteiger partial charge in [0.15, 0.2) is 0 Å². The summed E-state index contributed by atoms with van der Waals surface area (Å²) < 4.78 is 0.818. The third-order valence-electron chi connectivity index (χ3n) is 3.86. The molecule has 1 amide bonds. The van der Waals surface area contributed by atoms with Crippen molar-refractivity contribution in [1.82, 2.24) is 0 Å². The first-order valence-electron chi connectivity index (χ1n) is 6.54. The minimum Gasteiger partial charge on any atom is -0.329 e. The van der Waals surface area contributed by atoms with Gasteiger partial charge in [0.05, 0.1) is 10.4 Å². The van der Waals surface area contributed by atoms with Crippen molar-refractivity contribution in [2.45, 2.75) is 32.1 Å². The van der Waals surface area contributed by atoms with Gasteiger partial charge in [-0.05, 0) is 47.0 Å². The Hall–Kier alpha value is -0.580. The molecule has 0 saturated heterocycles. The van der Waals surface area contributed by atoms with Crippen molar-refractivity contribution in [1.29, 1.82) is 0 Å². The van der Waals surface area contributed by atoms with Crippen molar-refractivity contribution < 1.29 is 4.79 Å². The fourth-order valence-corrected chi connectivity index (χ4v) is 3.02. The van der Waals surface area contributed by atoms with Gasteiger partial charge in [-0.1, -0.05) is 30.9 Å². The van der Waals surface area contributed by atoms with Gasteiger partial charge >= 0.3 is 0 Å². The molecule has 0 atom stereocenters. The quantitative estimate of drug-likeness (QED) is 0.871. The summed E-state index contributed by atoms with van der Waals surface area (Å²) >= 11 is 9.36. The van der Waals surface area contributed by atoms with Gasteiger partial charge in [-0.2, -0.15) is 0 Å². The normalized spacial score (nSPS) is 18.1. The highest BCUT2D eigenvalue weighted by atomic mass is 79.9. The number of hydrogen-bond donors (Lipinski definition) is 2. The number of hydrogen-bond acceptors (Lipinski definition) is 2. The maximum atomic E-state index is 12.5. The summed E-state index contributed by atoms with van der Waals surface area (Å²) in [5.41, 5.74) is 6.17. The number of anilines is 1. The first-order valence-corrected chi connectivity index (χ1v) is 7.71. The molecule has 3 nitrogen and oxygen atoms in total. The molecule has 1 aliphatic carbocycles. The Morgan fingerprint density at radius 3 is 2.63 bits per heavy atom. The van der Waals surface area contributed by atoms with Gasteiger partial charge in [0.1, 0.15) is 0 Å². The lowest BCUT2D eigenvalue weighted by atomic mass is 9.73. The van der Waals surface area contributed by atoms with Gasteiger partial charge in [-0.15, -0.1) is 0 Å². The van der Waals surface area contributed by atoms with E-state index in [1.807, 2.05) is 12.1 Å². The third kappa shape index (κ3) is 3.30. The summed E-state index contributed by atoms with van der Waals surface area (Å²) in [4.78, 5) is 12.5. The maximum absolute atomic E-state index is 12.5. The SMILES string of the molecule is NCC1(C(=O)Nc2ccc(Br)c(Cl)c2)CCCCC1. The third-order valence-corrected chi connectivity index (χ3v) is 5.09. The highest BCUT2D eigenvalue weighted by molar-refractivity contribution is 9.10. The van der Waals surface area contributed by atoms with Crippen LogP contribution in [0.25, 0.3) is 0 Å². The summed E-state index contributed by atoms with van der Waals surface area (Å²) in [5, 5.41) is 3.53. The molecule has 104 valence electrons. The first kappa shape index (κ1) is 14.8. The molecule has 5 heteroatoms. The second kappa shape index (κ2) is 6.25. The summed E-state index contributed by atoms with van der Waals surface area (Å²) in [6.45, 7) is 0.406. The van der Waals surface area contributed by atoms with Crippen molar-refractivity contribution in [2.24, 2.45) is 11.1 Å². The van der Waals surface area contributed by atoms with Gasteiger partial charge < -0.3 is 11.1 Å². The lowest BCUT2D eigenvalue weighted by Crippen LogP contribution is -2.43. The number of carbonyl (C=O) groups excluding carboxylic acids is 1. The second-order valence-electron chi connectivity index (χ2n) is 5.13. The highest BCUT2D eigenvalue weighted by Gasteiger charge is 2.38. The van der Waals surface area contributed by atoms with E-state index >= 15 is 0 Å². The summed E-state index contributed by atoms with van der Waals surface area (Å²) in [5.74, 6) is 0.0214. The maximum Gasteiger partial charge on any atom is 0.231 e. The van der Waals surface area contributed by atoms with E-state index in [9.17, 15) is 4.79 Å². The molecule has 0 radical (unpaired) electrons. The van der Waals surface area contributed by atoms with Gasteiger partial charge in [0, 0.05) is 16.7 Å². The number of nitrogens with two attached hydrogens (primary N) is 1. The number of nitrogens with one attached hydrogen (secondary N) is 1. The molecular formula is C14H18BrClN2O. The van der Waals surface area contributed by atoms with E-state index in [0.29, 0.717) is 11.6 Å². The van der Waals surface area contributed by atoms with Crippen LogP contribution in [0.15, 0.2) is 22.7 Å². The molecule has 19 heavy (non-hydrogen) atoms. The molecule has 0 unspecified atom stereocenters. The van der Waals surface area contributed by atoms with Crippen molar-refractivity contribution >= 4 is 39.1 Å².